The maximum absolute atomic E-state index is 6.62. The monoisotopic (exact) mass is 108 g/mol. The second-order valence-electron chi connectivity index (χ2n) is 1.08. The average Bonchev–Trinajstić information content (AvgIpc) is 1.69. The molecule has 0 radical (unpaired) electrons. The number of unbranched alkanes of at least 4 members (excludes halogenated alkanes) is 1. The lowest BCUT2D eigenvalue weighted by Crippen LogP contribution is -1.60. The van der Waals surface area contributed by atoms with Gasteiger partial charge in [0, 0.05) is 0 Å². The molecule has 0 aromatic carbocycles. The van der Waals surface area contributed by atoms with E-state index in [9.17, 15) is 0 Å². The summed E-state index contributed by atoms with van der Waals surface area (Å²) < 4.78 is 0. The van der Waals surface area contributed by atoms with Crippen LogP contribution in [0, 0.1) is 0 Å². The number of hydrogen-bond donors (Lipinski definition) is 2. The minimum Gasteiger partial charge on any atom is -0.221 e. The van der Waals surface area contributed by atoms with Crippen molar-refractivity contribution in [3.8, 4) is 0 Å². The van der Waals surface area contributed by atoms with Crippen molar-refractivity contribution in [2.75, 3.05) is 0 Å². The Morgan fingerprint density at radius 1 is 1.14 bits per heavy atom. The first-order valence-corrected chi connectivity index (χ1v) is 2.28. The van der Waals surface area contributed by atoms with Crippen molar-refractivity contribution in [2.24, 2.45) is 0 Å². The maximum atomic E-state index is 6.62. The molecule has 0 aromatic rings. The predicted molar refractivity (Wildman–Crippen MR) is 26.9 cm³/mol. The van der Waals surface area contributed by atoms with Crippen molar-refractivity contribution < 1.29 is 15.6 Å². The predicted octanol–water partition coefficient (Wildman–Crippen LogP) is 1.76. The molecular weight excluding hydrogens is 96.0 g/mol. The van der Waals surface area contributed by atoms with Crippen LogP contribution in [0.1, 0.15) is 26.7 Å². The summed E-state index contributed by atoms with van der Waals surface area (Å²) in [4.78, 5) is 0. The van der Waals surface area contributed by atoms with E-state index in [4.69, 9.17) is 10.5 Å². The molecule has 0 rings (SSSR count). The quantitative estimate of drug-likeness (QED) is 0.397. The van der Waals surface area contributed by atoms with Gasteiger partial charge in [0.1, 0.15) is 0 Å². The molecule has 0 aliphatic heterocycles. The summed E-state index contributed by atoms with van der Waals surface area (Å²) in [6.45, 7) is 4.36. The molecule has 0 atom stereocenters. The first-order valence-electron chi connectivity index (χ1n) is 2.28. The van der Waals surface area contributed by atoms with Crippen LogP contribution in [-0.2, 0) is 5.04 Å². The average molecular weight is 108 g/mol. The van der Waals surface area contributed by atoms with Gasteiger partial charge in [-0.05, 0) is 0 Å². The third-order valence-electron chi connectivity index (χ3n) is 0.500. The second kappa shape index (κ2) is 16.9. The van der Waals surface area contributed by atoms with Gasteiger partial charge in [-0.1, -0.05) is 31.7 Å². The zero-order chi connectivity index (χ0) is 6.12. The van der Waals surface area contributed by atoms with Gasteiger partial charge in [-0.3, -0.25) is 0 Å². The zero-order valence-electron chi connectivity index (χ0n) is 4.72. The molecule has 0 unspecified atom stereocenters. The Balaban J connectivity index is 0. The van der Waals surface area contributed by atoms with Crippen LogP contribution in [-0.4, -0.2) is 10.5 Å². The fourth-order valence-corrected chi connectivity index (χ4v) is 0. The summed E-state index contributed by atoms with van der Waals surface area (Å²) in [6.07, 6.45) is 2.64. The molecule has 2 N–H and O–H groups in total. The van der Waals surface area contributed by atoms with Crippen LogP contribution in [0.5, 0.6) is 0 Å². The molecule has 3 nitrogen and oxygen atoms in total. The number of rotatable bonds is 1. The summed E-state index contributed by atoms with van der Waals surface area (Å²) in [7, 11) is 0. The molecule has 0 saturated carbocycles. The van der Waals surface area contributed by atoms with Crippen molar-refractivity contribution in [3.05, 3.63) is 0 Å². The Morgan fingerprint density at radius 3 is 1.29 bits per heavy atom. The zero-order valence-corrected chi connectivity index (χ0v) is 4.72. The minimum atomic E-state index is 1.32. The smallest absolute Gasteiger partial charge is 0.0564 e. The normalized spacial score (nSPS) is 6.86. The van der Waals surface area contributed by atoms with Crippen LogP contribution >= 0.6 is 0 Å². The van der Waals surface area contributed by atoms with E-state index in [0.29, 0.717) is 0 Å². The van der Waals surface area contributed by atoms with E-state index in [0.717, 1.165) is 0 Å². The molecule has 7 heavy (non-hydrogen) atoms. The van der Waals surface area contributed by atoms with Gasteiger partial charge >= 0.3 is 0 Å². The molecule has 0 bridgehead atoms. The molecule has 0 heterocycles. The maximum Gasteiger partial charge on any atom is -0.0564 e. The van der Waals surface area contributed by atoms with Gasteiger partial charge in [-0.15, -0.1) is 0 Å². The van der Waals surface area contributed by atoms with Crippen molar-refractivity contribution in [2.45, 2.75) is 26.7 Å². The molecular formula is C4H12O3. The summed E-state index contributed by atoms with van der Waals surface area (Å²) in [6, 6.07) is 0. The van der Waals surface area contributed by atoms with E-state index < -0.39 is 0 Å². The highest BCUT2D eigenvalue weighted by Crippen LogP contribution is 1.76. The fraction of sp³-hybridized carbons (Fsp3) is 1.00. The van der Waals surface area contributed by atoms with Gasteiger partial charge in [-0.2, -0.15) is 0 Å². The third kappa shape index (κ3) is 114. The van der Waals surface area contributed by atoms with Crippen LogP contribution in [0.15, 0.2) is 0 Å². The molecule has 46 valence electrons. The van der Waals surface area contributed by atoms with Crippen LogP contribution in [0.4, 0.5) is 0 Å². The minimum absolute atomic E-state index is 1.32. The van der Waals surface area contributed by atoms with E-state index in [1.54, 1.807) is 0 Å². The lowest BCUT2D eigenvalue weighted by molar-refractivity contribution is -0.465. The Hall–Kier alpha value is -0.120. The Bertz CT molecular complexity index is 14.4. The van der Waals surface area contributed by atoms with Crippen molar-refractivity contribution in [1.29, 1.82) is 0 Å². The molecule has 0 aliphatic carbocycles. The first kappa shape index (κ1) is 9.99. The summed E-state index contributed by atoms with van der Waals surface area (Å²) in [5.41, 5.74) is 0. The molecule has 0 aliphatic rings. The number of hydrogen-bond acceptors (Lipinski definition) is 3. The van der Waals surface area contributed by atoms with Crippen molar-refractivity contribution in [3.63, 3.8) is 0 Å². The van der Waals surface area contributed by atoms with E-state index in [1.165, 1.54) is 12.8 Å². The van der Waals surface area contributed by atoms with E-state index in [-0.39, 0.29) is 0 Å². The highest BCUT2D eigenvalue weighted by Gasteiger charge is 1.56. The summed E-state index contributed by atoms with van der Waals surface area (Å²) >= 11 is 0. The van der Waals surface area contributed by atoms with Gasteiger partial charge in [0.05, 0.1) is 0 Å². The van der Waals surface area contributed by atoms with Crippen LogP contribution in [0.2, 0.25) is 0 Å². The molecule has 0 spiro atoms. The van der Waals surface area contributed by atoms with Crippen molar-refractivity contribution >= 4 is 0 Å². The lowest BCUT2D eigenvalue weighted by atomic mass is 10.4. The summed E-state index contributed by atoms with van der Waals surface area (Å²) in [5, 5.41) is 15.5. The third-order valence-corrected chi connectivity index (χ3v) is 0.500. The van der Waals surface area contributed by atoms with Gasteiger partial charge in [0.15, 0.2) is 0 Å². The van der Waals surface area contributed by atoms with Crippen LogP contribution < -0.4 is 0 Å². The van der Waals surface area contributed by atoms with Crippen LogP contribution in [0.25, 0.3) is 0 Å². The second-order valence-corrected chi connectivity index (χ2v) is 1.08. The largest absolute Gasteiger partial charge is 0.221 e. The molecule has 3 heteroatoms. The standard InChI is InChI=1S/C4H10.H2O3/c1-3-4-2;1-3-2/h3-4H2,1-2H3;1-2H. The Morgan fingerprint density at radius 2 is 1.29 bits per heavy atom. The highest BCUT2D eigenvalue weighted by atomic mass is 17.4. The van der Waals surface area contributed by atoms with E-state index >= 15 is 0 Å². The van der Waals surface area contributed by atoms with E-state index in [2.05, 4.69) is 18.9 Å². The van der Waals surface area contributed by atoms with Gasteiger partial charge in [0.25, 0.3) is 0 Å². The fourth-order valence-electron chi connectivity index (χ4n) is 0. The van der Waals surface area contributed by atoms with Crippen LogP contribution in [0.3, 0.4) is 0 Å². The summed E-state index contributed by atoms with van der Waals surface area (Å²) in [5.74, 6) is 0. The topological polar surface area (TPSA) is 49.7 Å². The highest BCUT2D eigenvalue weighted by molar-refractivity contribution is 4.12. The Labute approximate surface area is 43.4 Å². The Kier molecular flexibility index (Phi) is 24.1. The molecule has 0 amide bonds. The SMILES string of the molecule is CCCC.OOO. The van der Waals surface area contributed by atoms with Crippen molar-refractivity contribution in [1.82, 2.24) is 0 Å². The van der Waals surface area contributed by atoms with E-state index in [1.807, 2.05) is 0 Å². The van der Waals surface area contributed by atoms with Gasteiger partial charge in [-0.25, -0.2) is 10.5 Å². The molecule has 0 aromatic heterocycles. The van der Waals surface area contributed by atoms with Gasteiger partial charge < -0.3 is 0 Å². The van der Waals surface area contributed by atoms with Gasteiger partial charge in [0.2, 0.25) is 0 Å². The first-order chi connectivity index (χ1) is 3.33. The lowest BCUT2D eigenvalue weighted by Gasteiger charge is -1.68. The molecule has 0 fully saturated rings. The molecule has 0 saturated heterocycles.